The van der Waals surface area contributed by atoms with Crippen LogP contribution in [0, 0.1) is 0 Å². The van der Waals surface area contributed by atoms with Crippen LogP contribution in [-0.4, -0.2) is 9.78 Å². The third-order valence-electron chi connectivity index (χ3n) is 2.83. The van der Waals surface area contributed by atoms with E-state index in [2.05, 4.69) is 5.10 Å². The van der Waals surface area contributed by atoms with Gasteiger partial charge < -0.3 is 5.73 Å². The molecule has 1 fully saturated rings. The van der Waals surface area contributed by atoms with E-state index < -0.39 is 0 Å². The minimum Gasteiger partial charge on any atom is -0.320 e. The van der Waals surface area contributed by atoms with E-state index in [9.17, 15) is 0 Å². The summed E-state index contributed by atoms with van der Waals surface area (Å²) in [6.45, 7) is 0. The highest BCUT2D eigenvalue weighted by Gasteiger charge is 2.33. The number of nitrogens with two attached hydrogens (primary N) is 1. The Balaban J connectivity index is 0.000000845. The Hall–Kier alpha value is -0.540. The van der Waals surface area contributed by atoms with Crippen molar-refractivity contribution in [3.8, 4) is 0 Å². The van der Waals surface area contributed by atoms with Gasteiger partial charge in [0.25, 0.3) is 0 Å². The number of hydrogen-bond acceptors (Lipinski definition) is 2. The first-order valence-corrected chi connectivity index (χ1v) is 4.50. The predicted octanol–water partition coefficient (Wildman–Crippen LogP) is 1.57. The molecule has 13 heavy (non-hydrogen) atoms. The minimum absolute atomic E-state index is 0. The molecule has 0 amide bonds. The second-order valence-corrected chi connectivity index (χ2v) is 3.70. The number of nitrogens with zero attached hydrogens (tertiary/aromatic N) is 2. The third-order valence-corrected chi connectivity index (χ3v) is 2.83. The zero-order valence-corrected chi connectivity index (χ0v) is 8.68. The zero-order valence-electron chi connectivity index (χ0n) is 7.86. The molecular formula is C9H16ClN3. The Morgan fingerprint density at radius 2 is 2.08 bits per heavy atom. The monoisotopic (exact) mass is 201 g/mol. The first-order valence-electron chi connectivity index (χ1n) is 4.50. The summed E-state index contributed by atoms with van der Waals surface area (Å²) in [6.07, 6.45) is 6.53. The van der Waals surface area contributed by atoms with Crippen LogP contribution >= 0.6 is 12.4 Å². The van der Waals surface area contributed by atoms with Crippen molar-refractivity contribution in [2.75, 3.05) is 0 Å². The van der Waals surface area contributed by atoms with Gasteiger partial charge in [-0.05, 0) is 18.9 Å². The predicted molar refractivity (Wildman–Crippen MR) is 54.8 cm³/mol. The lowest BCUT2D eigenvalue weighted by Crippen LogP contribution is -2.35. The van der Waals surface area contributed by atoms with Crippen molar-refractivity contribution in [2.45, 2.75) is 31.2 Å². The standard InChI is InChI=1S/C9H15N3.ClH/c1-12-8(4-7-11-12)9(10)5-2-3-6-9;/h4,7H,2-3,5-6,10H2,1H3;1H. The molecule has 0 aliphatic heterocycles. The van der Waals surface area contributed by atoms with Crippen LogP contribution in [0.2, 0.25) is 0 Å². The van der Waals surface area contributed by atoms with Crippen molar-refractivity contribution in [3.63, 3.8) is 0 Å². The van der Waals surface area contributed by atoms with Crippen LogP contribution in [0.4, 0.5) is 0 Å². The minimum atomic E-state index is -0.0920. The van der Waals surface area contributed by atoms with Gasteiger partial charge in [0.2, 0.25) is 0 Å². The first kappa shape index (κ1) is 10.5. The van der Waals surface area contributed by atoms with Gasteiger partial charge in [0.05, 0.1) is 11.2 Å². The highest BCUT2D eigenvalue weighted by molar-refractivity contribution is 5.85. The van der Waals surface area contributed by atoms with E-state index in [1.807, 2.05) is 24.0 Å². The molecule has 0 spiro atoms. The number of hydrogen-bond donors (Lipinski definition) is 1. The Morgan fingerprint density at radius 1 is 1.46 bits per heavy atom. The fourth-order valence-electron chi connectivity index (χ4n) is 2.12. The summed E-state index contributed by atoms with van der Waals surface area (Å²) in [5, 5.41) is 4.14. The molecule has 1 aromatic rings. The third kappa shape index (κ3) is 1.71. The lowest BCUT2D eigenvalue weighted by atomic mass is 9.95. The summed E-state index contributed by atoms with van der Waals surface area (Å²) in [5.74, 6) is 0. The lowest BCUT2D eigenvalue weighted by Gasteiger charge is -2.23. The summed E-state index contributed by atoms with van der Waals surface area (Å²) < 4.78 is 1.89. The van der Waals surface area contributed by atoms with Crippen molar-refractivity contribution in [2.24, 2.45) is 12.8 Å². The molecule has 0 bridgehead atoms. The van der Waals surface area contributed by atoms with Crippen LogP contribution in [0.3, 0.4) is 0 Å². The van der Waals surface area contributed by atoms with Gasteiger partial charge in [-0.1, -0.05) is 12.8 Å². The molecular weight excluding hydrogens is 186 g/mol. The quantitative estimate of drug-likeness (QED) is 0.750. The van der Waals surface area contributed by atoms with Crippen LogP contribution in [0.25, 0.3) is 0 Å². The molecule has 1 aromatic heterocycles. The molecule has 0 atom stereocenters. The van der Waals surface area contributed by atoms with Crippen molar-refractivity contribution >= 4 is 12.4 Å². The fourth-order valence-corrected chi connectivity index (χ4v) is 2.12. The number of halogens is 1. The van der Waals surface area contributed by atoms with Gasteiger partial charge in [-0.3, -0.25) is 4.68 Å². The maximum absolute atomic E-state index is 6.26. The largest absolute Gasteiger partial charge is 0.320 e. The molecule has 0 saturated heterocycles. The lowest BCUT2D eigenvalue weighted by molar-refractivity contribution is 0.423. The van der Waals surface area contributed by atoms with Crippen molar-refractivity contribution < 1.29 is 0 Å². The fraction of sp³-hybridized carbons (Fsp3) is 0.667. The van der Waals surface area contributed by atoms with E-state index in [1.165, 1.54) is 18.5 Å². The summed E-state index contributed by atoms with van der Waals surface area (Å²) in [5.41, 5.74) is 7.35. The number of aryl methyl sites for hydroxylation is 1. The molecule has 0 aromatic carbocycles. The van der Waals surface area contributed by atoms with Gasteiger partial charge in [-0.25, -0.2) is 0 Å². The molecule has 4 heteroatoms. The van der Waals surface area contributed by atoms with Crippen LogP contribution in [0.15, 0.2) is 12.3 Å². The maximum atomic E-state index is 6.26. The number of rotatable bonds is 1. The molecule has 1 heterocycles. The molecule has 0 unspecified atom stereocenters. The molecule has 1 aliphatic carbocycles. The van der Waals surface area contributed by atoms with E-state index >= 15 is 0 Å². The Bertz CT molecular complexity index is 276. The second kappa shape index (κ2) is 3.68. The van der Waals surface area contributed by atoms with E-state index in [0.29, 0.717) is 0 Å². The van der Waals surface area contributed by atoms with Gasteiger partial charge in [0.15, 0.2) is 0 Å². The summed E-state index contributed by atoms with van der Waals surface area (Å²) >= 11 is 0. The van der Waals surface area contributed by atoms with Gasteiger partial charge in [-0.15, -0.1) is 12.4 Å². The average molecular weight is 202 g/mol. The zero-order chi connectivity index (χ0) is 8.60. The molecule has 2 rings (SSSR count). The summed E-state index contributed by atoms with van der Waals surface area (Å²) in [4.78, 5) is 0. The molecule has 1 saturated carbocycles. The van der Waals surface area contributed by atoms with E-state index in [1.54, 1.807) is 0 Å². The van der Waals surface area contributed by atoms with Gasteiger partial charge in [0.1, 0.15) is 0 Å². The maximum Gasteiger partial charge on any atom is 0.0580 e. The van der Waals surface area contributed by atoms with Crippen LogP contribution in [0.1, 0.15) is 31.4 Å². The van der Waals surface area contributed by atoms with Crippen molar-refractivity contribution in [1.82, 2.24) is 9.78 Å². The molecule has 1 aliphatic rings. The average Bonchev–Trinajstić information content (AvgIpc) is 2.59. The van der Waals surface area contributed by atoms with E-state index in [-0.39, 0.29) is 17.9 Å². The topological polar surface area (TPSA) is 43.8 Å². The Labute approximate surface area is 84.7 Å². The normalized spacial score (nSPS) is 19.8. The van der Waals surface area contributed by atoms with Gasteiger partial charge in [0, 0.05) is 13.2 Å². The second-order valence-electron chi connectivity index (χ2n) is 3.70. The van der Waals surface area contributed by atoms with Crippen LogP contribution in [-0.2, 0) is 12.6 Å². The SMILES string of the molecule is Cl.Cn1nccc1C1(N)CCCC1. The van der Waals surface area contributed by atoms with Crippen molar-refractivity contribution in [3.05, 3.63) is 18.0 Å². The van der Waals surface area contributed by atoms with E-state index in [4.69, 9.17) is 5.73 Å². The highest BCUT2D eigenvalue weighted by atomic mass is 35.5. The van der Waals surface area contributed by atoms with Gasteiger partial charge in [-0.2, -0.15) is 5.10 Å². The van der Waals surface area contributed by atoms with Crippen LogP contribution < -0.4 is 5.73 Å². The Morgan fingerprint density at radius 3 is 2.54 bits per heavy atom. The molecule has 74 valence electrons. The first-order chi connectivity index (χ1) is 5.72. The molecule has 2 N–H and O–H groups in total. The van der Waals surface area contributed by atoms with Gasteiger partial charge >= 0.3 is 0 Å². The smallest absolute Gasteiger partial charge is 0.0580 e. The van der Waals surface area contributed by atoms with Crippen molar-refractivity contribution in [1.29, 1.82) is 0 Å². The van der Waals surface area contributed by atoms with E-state index in [0.717, 1.165) is 12.8 Å². The highest BCUT2D eigenvalue weighted by Crippen LogP contribution is 2.35. The molecule has 3 nitrogen and oxygen atoms in total. The number of aromatic nitrogens is 2. The summed E-state index contributed by atoms with van der Waals surface area (Å²) in [6, 6.07) is 2.03. The summed E-state index contributed by atoms with van der Waals surface area (Å²) in [7, 11) is 1.96. The molecule has 0 radical (unpaired) electrons. The Kier molecular flexibility index (Phi) is 2.98. The van der Waals surface area contributed by atoms with Crippen LogP contribution in [0.5, 0.6) is 0 Å².